The summed E-state index contributed by atoms with van der Waals surface area (Å²) in [4.78, 5) is 13.7. The van der Waals surface area contributed by atoms with Gasteiger partial charge in [-0.15, -0.1) is 22.7 Å². The van der Waals surface area contributed by atoms with Crippen LogP contribution in [0.4, 0.5) is 0 Å². The third kappa shape index (κ3) is 1.90. The molecule has 72 valence electrons. The highest BCUT2D eigenvalue weighted by molar-refractivity contribution is 7.18. The summed E-state index contributed by atoms with van der Waals surface area (Å²) in [6, 6.07) is 5.42. The fourth-order valence-electron chi connectivity index (χ4n) is 1.14. The van der Waals surface area contributed by atoms with Crippen LogP contribution >= 0.6 is 34.3 Å². The molecular formula is C10H7ClOS2. The molecule has 0 atom stereocenters. The first kappa shape index (κ1) is 9.90. The number of thiophene rings is 2. The van der Waals surface area contributed by atoms with E-state index >= 15 is 0 Å². The monoisotopic (exact) mass is 242 g/mol. The van der Waals surface area contributed by atoms with Gasteiger partial charge in [0.1, 0.15) is 0 Å². The Bertz CT molecular complexity index is 428. The smallest absolute Gasteiger partial charge is 0.203 e. The predicted molar refractivity (Wildman–Crippen MR) is 61.8 cm³/mol. The van der Waals surface area contributed by atoms with Gasteiger partial charge >= 0.3 is 0 Å². The molecule has 0 amide bonds. The Balaban J connectivity index is 2.33. The maximum atomic E-state index is 11.8. The number of hydrogen-bond donors (Lipinski definition) is 0. The predicted octanol–water partition coefficient (Wildman–Crippen LogP) is 4.00. The zero-order chi connectivity index (χ0) is 10.1. The average molecular weight is 243 g/mol. The van der Waals surface area contributed by atoms with Crippen LogP contribution in [0.2, 0.25) is 4.34 Å². The van der Waals surface area contributed by atoms with E-state index in [0.717, 1.165) is 10.4 Å². The second-order valence-corrected chi connectivity index (χ2v) is 5.71. The van der Waals surface area contributed by atoms with Gasteiger partial charge in [-0.1, -0.05) is 11.6 Å². The third-order valence-corrected chi connectivity index (χ3v) is 3.88. The molecule has 0 aliphatic carbocycles. The van der Waals surface area contributed by atoms with Crippen molar-refractivity contribution >= 4 is 40.1 Å². The van der Waals surface area contributed by atoms with E-state index in [1.807, 2.05) is 18.4 Å². The lowest BCUT2D eigenvalue weighted by atomic mass is 10.2. The Hall–Kier alpha value is -0.640. The summed E-state index contributed by atoms with van der Waals surface area (Å²) in [6.45, 7) is 1.99. The number of rotatable bonds is 2. The molecule has 14 heavy (non-hydrogen) atoms. The van der Waals surface area contributed by atoms with Crippen LogP contribution in [0.1, 0.15) is 20.1 Å². The van der Waals surface area contributed by atoms with Crippen molar-refractivity contribution in [1.82, 2.24) is 0 Å². The van der Waals surface area contributed by atoms with E-state index in [9.17, 15) is 4.79 Å². The van der Waals surface area contributed by atoms with Crippen LogP contribution in [-0.2, 0) is 0 Å². The molecule has 0 aliphatic heterocycles. The average Bonchev–Trinajstić information content (AvgIpc) is 2.73. The van der Waals surface area contributed by atoms with Crippen molar-refractivity contribution in [2.24, 2.45) is 0 Å². The molecule has 0 saturated carbocycles. The molecule has 2 heterocycles. The van der Waals surface area contributed by atoms with E-state index in [4.69, 9.17) is 11.6 Å². The van der Waals surface area contributed by atoms with Crippen LogP contribution in [0, 0.1) is 6.92 Å². The molecule has 2 aromatic rings. The summed E-state index contributed by atoms with van der Waals surface area (Å²) < 4.78 is 0.653. The summed E-state index contributed by atoms with van der Waals surface area (Å²) >= 11 is 8.67. The van der Waals surface area contributed by atoms with E-state index in [1.165, 1.54) is 11.3 Å². The summed E-state index contributed by atoms with van der Waals surface area (Å²) in [5, 5.41) is 1.88. The maximum Gasteiger partial charge on any atom is 0.203 e. The molecule has 0 saturated heterocycles. The van der Waals surface area contributed by atoms with Gasteiger partial charge < -0.3 is 0 Å². The minimum atomic E-state index is 0.0613. The number of halogens is 1. The fourth-order valence-corrected chi connectivity index (χ4v) is 2.83. The molecule has 0 aromatic carbocycles. The molecule has 0 spiro atoms. The standard InChI is InChI=1S/C10H7ClOS2/c1-6-4-7(5-13-6)10(12)8-2-3-9(11)14-8/h2-5H,1H3. The molecule has 0 radical (unpaired) electrons. The molecule has 2 rings (SSSR count). The lowest BCUT2D eigenvalue weighted by Crippen LogP contribution is -1.95. The van der Waals surface area contributed by atoms with Crippen molar-refractivity contribution in [1.29, 1.82) is 0 Å². The SMILES string of the molecule is Cc1cc(C(=O)c2ccc(Cl)s2)cs1. The largest absolute Gasteiger partial charge is 0.288 e. The molecule has 0 bridgehead atoms. The number of hydrogen-bond acceptors (Lipinski definition) is 3. The van der Waals surface area contributed by atoms with Gasteiger partial charge in [-0.25, -0.2) is 0 Å². The zero-order valence-corrected chi connectivity index (χ0v) is 9.80. The van der Waals surface area contributed by atoms with E-state index in [2.05, 4.69) is 0 Å². The maximum absolute atomic E-state index is 11.8. The Labute approximate surface area is 95.0 Å². The van der Waals surface area contributed by atoms with Gasteiger partial charge in [0.2, 0.25) is 5.78 Å². The summed E-state index contributed by atoms with van der Waals surface area (Å²) in [5.74, 6) is 0.0613. The van der Waals surface area contributed by atoms with E-state index < -0.39 is 0 Å². The van der Waals surface area contributed by atoms with Crippen molar-refractivity contribution in [3.8, 4) is 0 Å². The highest BCUT2D eigenvalue weighted by Gasteiger charge is 2.12. The lowest BCUT2D eigenvalue weighted by Gasteiger charge is -1.90. The van der Waals surface area contributed by atoms with Crippen molar-refractivity contribution in [3.05, 3.63) is 43.2 Å². The second-order valence-electron chi connectivity index (χ2n) is 2.88. The normalized spacial score (nSPS) is 10.4. The van der Waals surface area contributed by atoms with Gasteiger partial charge in [0, 0.05) is 15.8 Å². The minimum absolute atomic E-state index is 0.0613. The summed E-state index contributed by atoms with van der Waals surface area (Å²) in [6.07, 6.45) is 0. The van der Waals surface area contributed by atoms with Crippen LogP contribution in [0.25, 0.3) is 0 Å². The van der Waals surface area contributed by atoms with E-state index in [1.54, 1.807) is 23.5 Å². The van der Waals surface area contributed by atoms with E-state index in [-0.39, 0.29) is 5.78 Å². The first-order chi connectivity index (χ1) is 6.66. The number of ketones is 1. The Morgan fingerprint density at radius 3 is 2.71 bits per heavy atom. The van der Waals surface area contributed by atoms with Crippen LogP contribution in [-0.4, -0.2) is 5.78 Å². The van der Waals surface area contributed by atoms with Gasteiger partial charge in [-0.3, -0.25) is 4.79 Å². The highest BCUT2D eigenvalue weighted by atomic mass is 35.5. The van der Waals surface area contributed by atoms with Crippen molar-refractivity contribution in [3.63, 3.8) is 0 Å². The number of aryl methyl sites for hydroxylation is 1. The zero-order valence-electron chi connectivity index (χ0n) is 7.41. The van der Waals surface area contributed by atoms with Gasteiger partial charge in [0.15, 0.2) is 0 Å². The minimum Gasteiger partial charge on any atom is -0.288 e. The fraction of sp³-hybridized carbons (Fsp3) is 0.100. The molecule has 2 aromatic heterocycles. The summed E-state index contributed by atoms with van der Waals surface area (Å²) in [7, 11) is 0. The topological polar surface area (TPSA) is 17.1 Å². The molecular weight excluding hydrogens is 236 g/mol. The van der Waals surface area contributed by atoms with Gasteiger partial charge in [-0.2, -0.15) is 0 Å². The highest BCUT2D eigenvalue weighted by Crippen LogP contribution is 2.25. The molecule has 0 fully saturated rings. The van der Waals surface area contributed by atoms with Crippen molar-refractivity contribution in [2.45, 2.75) is 6.92 Å². The van der Waals surface area contributed by atoms with Gasteiger partial charge in [0.05, 0.1) is 9.21 Å². The quantitative estimate of drug-likeness (QED) is 0.728. The molecule has 0 N–H and O–H groups in total. The van der Waals surface area contributed by atoms with Crippen molar-refractivity contribution in [2.75, 3.05) is 0 Å². The Morgan fingerprint density at radius 1 is 1.43 bits per heavy atom. The number of carbonyl (C=O) groups excluding carboxylic acids is 1. The first-order valence-electron chi connectivity index (χ1n) is 4.02. The van der Waals surface area contributed by atoms with Gasteiger partial charge in [0.25, 0.3) is 0 Å². The van der Waals surface area contributed by atoms with Crippen LogP contribution in [0.3, 0.4) is 0 Å². The Morgan fingerprint density at radius 2 is 2.21 bits per heavy atom. The van der Waals surface area contributed by atoms with Crippen LogP contribution in [0.5, 0.6) is 0 Å². The summed E-state index contributed by atoms with van der Waals surface area (Å²) in [5.41, 5.74) is 0.756. The molecule has 1 nitrogen and oxygen atoms in total. The van der Waals surface area contributed by atoms with Crippen molar-refractivity contribution < 1.29 is 4.79 Å². The third-order valence-electron chi connectivity index (χ3n) is 1.79. The molecule has 0 unspecified atom stereocenters. The number of carbonyl (C=O) groups is 1. The molecule has 4 heteroatoms. The molecule has 0 aliphatic rings. The second kappa shape index (κ2) is 3.85. The lowest BCUT2D eigenvalue weighted by molar-refractivity contribution is 0.104. The van der Waals surface area contributed by atoms with Crippen LogP contribution < -0.4 is 0 Å². The van der Waals surface area contributed by atoms with Crippen LogP contribution in [0.15, 0.2) is 23.6 Å². The Kier molecular flexibility index (Phi) is 2.72. The first-order valence-corrected chi connectivity index (χ1v) is 6.09. The van der Waals surface area contributed by atoms with E-state index in [0.29, 0.717) is 9.21 Å². The van der Waals surface area contributed by atoms with Gasteiger partial charge in [-0.05, 0) is 25.1 Å².